The third-order valence-electron chi connectivity index (χ3n) is 6.21. The van der Waals surface area contributed by atoms with E-state index in [0.717, 1.165) is 29.5 Å². The minimum atomic E-state index is -0.00284. The number of ether oxygens (including phenoxy) is 1. The number of fused-ring (bicyclic) bond motifs is 3. The maximum Gasteiger partial charge on any atom is 0.226 e. The zero-order valence-corrected chi connectivity index (χ0v) is 18.6. The molecule has 0 unspecified atom stereocenters. The van der Waals surface area contributed by atoms with E-state index in [1.54, 1.807) is 29.9 Å². The summed E-state index contributed by atoms with van der Waals surface area (Å²) in [7, 11) is 0. The van der Waals surface area contributed by atoms with Gasteiger partial charge in [-0.2, -0.15) is 0 Å². The molecular weight excluding hydrogens is 426 g/mol. The van der Waals surface area contributed by atoms with Gasteiger partial charge in [0.1, 0.15) is 22.8 Å². The molecule has 1 aliphatic carbocycles. The number of morpholine rings is 1. The number of nitrogens with zero attached hydrogens (tertiary/aromatic N) is 4. The third kappa shape index (κ3) is 3.69. The normalized spacial score (nSPS) is 20.7. The first kappa shape index (κ1) is 20.8. The Balaban J connectivity index is 1.43. The van der Waals surface area contributed by atoms with Gasteiger partial charge < -0.3 is 26.1 Å². The summed E-state index contributed by atoms with van der Waals surface area (Å²) in [6, 6.07) is 1.90. The molecule has 0 saturated carbocycles. The van der Waals surface area contributed by atoms with Crippen LogP contribution in [-0.2, 0) is 22.4 Å². The summed E-state index contributed by atoms with van der Waals surface area (Å²) in [6.45, 7) is 3.94. The van der Waals surface area contributed by atoms with E-state index in [-0.39, 0.29) is 17.9 Å². The van der Waals surface area contributed by atoms with E-state index < -0.39 is 0 Å². The van der Waals surface area contributed by atoms with Crippen LogP contribution < -0.4 is 11.1 Å². The Labute approximate surface area is 189 Å². The summed E-state index contributed by atoms with van der Waals surface area (Å²) in [6.07, 6.45) is 6.73. The van der Waals surface area contributed by atoms with Gasteiger partial charge in [0.05, 0.1) is 36.5 Å². The molecule has 1 fully saturated rings. The molecule has 1 aliphatic heterocycles. The van der Waals surface area contributed by atoms with Crippen LogP contribution >= 0.6 is 11.3 Å². The van der Waals surface area contributed by atoms with E-state index >= 15 is 0 Å². The zero-order chi connectivity index (χ0) is 22.2. The van der Waals surface area contributed by atoms with Gasteiger partial charge in [0, 0.05) is 29.1 Å². The minimum Gasteiger partial charge on any atom is -0.383 e. The lowest BCUT2D eigenvalue weighted by molar-refractivity contribution is -0.143. The number of nitrogens with one attached hydrogen (secondary N) is 2. The topological polar surface area (TPSA) is 130 Å². The number of pyridine rings is 1. The number of carbonyl (C=O) groups is 1. The largest absolute Gasteiger partial charge is 0.383 e. The standard InChI is InChI=1S/C22H25N7O2S/c1-12-10-31-5-4-29(12)22(30)13-2-3-16-17(7-13)32-21-18(16)20(26-11-27-21)28-15-6-14(8-23)19(24)25-9-15/h6,8-9,11-13,23H,2-5,7,10H2,1H3,(H2,24,25)(H,26,27,28)/t12-,13+/m1/s1. The van der Waals surface area contributed by atoms with Crippen LogP contribution in [0.5, 0.6) is 0 Å². The SMILES string of the molecule is C[C@@H]1COCCN1C(=O)[C@H]1CCc2c(sc3ncnc(Nc4cnc(N)c(C=N)c4)c23)C1. The van der Waals surface area contributed by atoms with Crippen LogP contribution in [0.25, 0.3) is 10.2 Å². The quantitative estimate of drug-likeness (QED) is 0.520. The molecule has 5 rings (SSSR count). The summed E-state index contributed by atoms with van der Waals surface area (Å²) < 4.78 is 5.49. The van der Waals surface area contributed by atoms with Crippen molar-refractivity contribution in [3.63, 3.8) is 0 Å². The maximum atomic E-state index is 13.2. The smallest absolute Gasteiger partial charge is 0.226 e. The van der Waals surface area contributed by atoms with Crippen molar-refractivity contribution in [3.05, 3.63) is 34.6 Å². The van der Waals surface area contributed by atoms with Crippen LogP contribution in [0.3, 0.4) is 0 Å². The van der Waals surface area contributed by atoms with Crippen molar-refractivity contribution < 1.29 is 9.53 Å². The van der Waals surface area contributed by atoms with Crippen LogP contribution in [0.4, 0.5) is 17.3 Å². The number of anilines is 3. The van der Waals surface area contributed by atoms with Gasteiger partial charge in [-0.15, -0.1) is 11.3 Å². The van der Waals surface area contributed by atoms with Crippen molar-refractivity contribution in [2.24, 2.45) is 5.92 Å². The number of aromatic nitrogens is 3. The van der Waals surface area contributed by atoms with Crippen LogP contribution in [0.15, 0.2) is 18.6 Å². The average Bonchev–Trinajstić information content (AvgIpc) is 3.19. The summed E-state index contributed by atoms with van der Waals surface area (Å²) in [5.41, 5.74) is 8.29. The van der Waals surface area contributed by atoms with Gasteiger partial charge in [-0.25, -0.2) is 15.0 Å². The van der Waals surface area contributed by atoms with E-state index in [9.17, 15) is 4.79 Å². The Bertz CT molecular complexity index is 1190. The molecule has 1 amide bonds. The van der Waals surface area contributed by atoms with Gasteiger partial charge >= 0.3 is 0 Å². The molecule has 10 heteroatoms. The number of thiophene rings is 1. The first-order valence-corrected chi connectivity index (χ1v) is 11.5. The fourth-order valence-corrected chi connectivity index (χ4v) is 5.78. The molecule has 2 aliphatic rings. The molecule has 166 valence electrons. The number of rotatable bonds is 4. The van der Waals surface area contributed by atoms with E-state index in [1.165, 1.54) is 16.7 Å². The van der Waals surface area contributed by atoms with Crippen LogP contribution in [0.1, 0.15) is 29.3 Å². The maximum absolute atomic E-state index is 13.2. The number of carbonyl (C=O) groups excluding carboxylic acids is 1. The fourth-order valence-electron chi connectivity index (χ4n) is 4.52. The Morgan fingerprint density at radius 1 is 1.41 bits per heavy atom. The summed E-state index contributed by atoms with van der Waals surface area (Å²) in [5.74, 6) is 1.26. The summed E-state index contributed by atoms with van der Waals surface area (Å²) >= 11 is 1.64. The Kier molecular flexibility index (Phi) is 5.48. The van der Waals surface area contributed by atoms with Crippen molar-refractivity contribution in [2.45, 2.75) is 32.2 Å². The number of hydrogen-bond acceptors (Lipinski definition) is 9. The van der Waals surface area contributed by atoms with Crippen LogP contribution in [0, 0.1) is 11.3 Å². The number of nitrogen functional groups attached to an aromatic ring is 1. The molecule has 0 aromatic carbocycles. The molecule has 4 N–H and O–H groups in total. The molecule has 3 aromatic heterocycles. The van der Waals surface area contributed by atoms with Gasteiger partial charge in [-0.05, 0) is 37.8 Å². The molecule has 4 heterocycles. The third-order valence-corrected chi connectivity index (χ3v) is 7.38. The highest BCUT2D eigenvalue weighted by molar-refractivity contribution is 7.19. The lowest BCUT2D eigenvalue weighted by atomic mass is 9.86. The van der Waals surface area contributed by atoms with Gasteiger partial charge in [0.2, 0.25) is 5.91 Å². The van der Waals surface area contributed by atoms with Crippen LogP contribution in [-0.4, -0.2) is 57.8 Å². The van der Waals surface area contributed by atoms with Gasteiger partial charge in [-0.1, -0.05) is 0 Å². The van der Waals surface area contributed by atoms with E-state index in [2.05, 4.69) is 20.3 Å². The van der Waals surface area contributed by atoms with Gasteiger partial charge in [0.25, 0.3) is 0 Å². The second-order valence-electron chi connectivity index (χ2n) is 8.27. The Morgan fingerprint density at radius 2 is 2.28 bits per heavy atom. The van der Waals surface area contributed by atoms with Crippen molar-refractivity contribution in [1.29, 1.82) is 5.41 Å². The molecular formula is C22H25N7O2S. The fraction of sp³-hybridized carbons (Fsp3) is 0.409. The molecule has 0 bridgehead atoms. The summed E-state index contributed by atoms with van der Waals surface area (Å²) in [4.78, 5) is 30.4. The second-order valence-corrected chi connectivity index (χ2v) is 9.35. The lowest BCUT2D eigenvalue weighted by Gasteiger charge is -2.36. The van der Waals surface area contributed by atoms with E-state index in [1.807, 2.05) is 11.8 Å². The van der Waals surface area contributed by atoms with Crippen molar-refractivity contribution in [2.75, 3.05) is 30.8 Å². The van der Waals surface area contributed by atoms with Crippen molar-refractivity contribution in [3.8, 4) is 0 Å². The lowest BCUT2D eigenvalue weighted by Crippen LogP contribution is -2.50. The van der Waals surface area contributed by atoms with Gasteiger partial charge in [-0.3, -0.25) is 4.79 Å². The number of nitrogens with two attached hydrogens (primary N) is 1. The predicted molar refractivity (Wildman–Crippen MR) is 125 cm³/mol. The average molecular weight is 452 g/mol. The van der Waals surface area contributed by atoms with E-state index in [4.69, 9.17) is 15.9 Å². The first-order chi connectivity index (χ1) is 15.5. The number of hydrogen-bond donors (Lipinski definition) is 3. The molecule has 32 heavy (non-hydrogen) atoms. The van der Waals surface area contributed by atoms with Crippen molar-refractivity contribution in [1.82, 2.24) is 19.9 Å². The van der Waals surface area contributed by atoms with Crippen molar-refractivity contribution >= 4 is 51.0 Å². The Hall–Kier alpha value is -3.11. The first-order valence-electron chi connectivity index (χ1n) is 10.7. The highest BCUT2D eigenvalue weighted by Crippen LogP contribution is 2.41. The molecule has 3 aromatic rings. The molecule has 2 atom stereocenters. The highest BCUT2D eigenvalue weighted by atomic mass is 32.1. The molecule has 1 saturated heterocycles. The Morgan fingerprint density at radius 3 is 3.09 bits per heavy atom. The minimum absolute atomic E-state index is 0.00284. The number of amides is 1. The van der Waals surface area contributed by atoms with Gasteiger partial charge in [0.15, 0.2) is 0 Å². The summed E-state index contributed by atoms with van der Waals surface area (Å²) in [5, 5.41) is 11.8. The predicted octanol–water partition coefficient (Wildman–Crippen LogP) is 2.76. The zero-order valence-electron chi connectivity index (χ0n) is 17.8. The number of aryl methyl sites for hydroxylation is 1. The van der Waals surface area contributed by atoms with E-state index in [0.29, 0.717) is 42.6 Å². The molecule has 0 spiro atoms. The monoisotopic (exact) mass is 451 g/mol. The molecule has 9 nitrogen and oxygen atoms in total. The van der Waals surface area contributed by atoms with Crippen LogP contribution in [0.2, 0.25) is 0 Å². The second kappa shape index (κ2) is 8.44. The molecule has 0 radical (unpaired) electrons. The highest BCUT2D eigenvalue weighted by Gasteiger charge is 2.34.